The zero-order chi connectivity index (χ0) is 12.2. The summed E-state index contributed by atoms with van der Waals surface area (Å²) < 4.78 is 10.7. The van der Waals surface area contributed by atoms with Crippen molar-refractivity contribution in [3.8, 4) is 0 Å². The molecule has 3 heteroatoms. The third-order valence-corrected chi connectivity index (χ3v) is 4.13. The van der Waals surface area contributed by atoms with Gasteiger partial charge in [-0.05, 0) is 26.2 Å². The third kappa shape index (κ3) is 2.57. The van der Waals surface area contributed by atoms with Crippen LogP contribution in [-0.2, 0) is 14.3 Å². The summed E-state index contributed by atoms with van der Waals surface area (Å²) in [5.41, 5.74) is -0.225. The lowest BCUT2D eigenvalue weighted by atomic mass is 9.83. The molecule has 0 aromatic rings. The molecule has 3 nitrogen and oxygen atoms in total. The fraction of sp³-hybridized carbons (Fsp3) is 0.923. The van der Waals surface area contributed by atoms with E-state index in [1.54, 1.807) is 0 Å². The minimum absolute atomic E-state index is 0.0581. The van der Waals surface area contributed by atoms with Gasteiger partial charge in [-0.25, -0.2) is 0 Å². The molecule has 0 atom stereocenters. The van der Waals surface area contributed by atoms with E-state index >= 15 is 0 Å². The smallest absolute Gasteiger partial charge is 0.311 e. The first kappa shape index (κ1) is 13.5. The minimum atomic E-state index is -0.320. The quantitative estimate of drug-likeness (QED) is 0.656. The molecule has 1 saturated heterocycles. The number of rotatable bonds is 6. The van der Waals surface area contributed by atoms with Crippen LogP contribution < -0.4 is 0 Å². The molecule has 0 bridgehead atoms. The van der Waals surface area contributed by atoms with E-state index in [1.807, 2.05) is 20.8 Å². The highest BCUT2D eigenvalue weighted by Crippen LogP contribution is 2.33. The van der Waals surface area contributed by atoms with Gasteiger partial charge in [0.05, 0.1) is 24.0 Å². The highest BCUT2D eigenvalue weighted by Gasteiger charge is 2.40. The third-order valence-electron chi connectivity index (χ3n) is 4.13. The number of carbonyl (C=O) groups is 1. The van der Waals surface area contributed by atoms with Gasteiger partial charge in [-0.2, -0.15) is 0 Å². The molecule has 1 aliphatic rings. The average Bonchev–Trinajstić information content (AvgIpc) is 2.26. The van der Waals surface area contributed by atoms with Crippen LogP contribution in [0.5, 0.6) is 0 Å². The summed E-state index contributed by atoms with van der Waals surface area (Å²) in [5.74, 6) is -0.0581. The number of carbonyl (C=O) groups excluding carboxylic acids is 1. The topological polar surface area (TPSA) is 35.5 Å². The molecule has 0 aromatic heterocycles. The van der Waals surface area contributed by atoms with Gasteiger partial charge in [-0.3, -0.25) is 4.79 Å². The summed E-state index contributed by atoms with van der Waals surface area (Å²) in [5, 5.41) is 0. The van der Waals surface area contributed by atoms with Crippen molar-refractivity contribution in [3.63, 3.8) is 0 Å². The van der Waals surface area contributed by atoms with Crippen LogP contribution in [0.3, 0.4) is 0 Å². The van der Waals surface area contributed by atoms with E-state index in [1.165, 1.54) is 0 Å². The molecule has 0 radical (unpaired) electrons. The van der Waals surface area contributed by atoms with E-state index in [0.717, 1.165) is 32.5 Å². The Balaban J connectivity index is 2.45. The Morgan fingerprint density at radius 2 is 1.88 bits per heavy atom. The monoisotopic (exact) mass is 228 g/mol. The van der Waals surface area contributed by atoms with Gasteiger partial charge >= 0.3 is 5.97 Å². The fourth-order valence-electron chi connectivity index (χ4n) is 1.71. The van der Waals surface area contributed by atoms with E-state index in [2.05, 4.69) is 6.92 Å². The van der Waals surface area contributed by atoms with Gasteiger partial charge in [0.15, 0.2) is 0 Å². The molecule has 1 heterocycles. The molecule has 1 fully saturated rings. The lowest BCUT2D eigenvalue weighted by Gasteiger charge is -2.40. The number of hydrogen-bond acceptors (Lipinski definition) is 3. The Morgan fingerprint density at radius 1 is 1.31 bits per heavy atom. The molecule has 0 saturated carbocycles. The van der Waals surface area contributed by atoms with Gasteiger partial charge in [0.1, 0.15) is 6.61 Å². The molecule has 0 aromatic carbocycles. The summed E-state index contributed by atoms with van der Waals surface area (Å²) >= 11 is 0. The van der Waals surface area contributed by atoms with Gasteiger partial charge in [-0.1, -0.05) is 20.8 Å². The van der Waals surface area contributed by atoms with Crippen molar-refractivity contribution < 1.29 is 14.3 Å². The van der Waals surface area contributed by atoms with Crippen LogP contribution in [0.25, 0.3) is 0 Å². The zero-order valence-electron chi connectivity index (χ0n) is 11.0. The summed E-state index contributed by atoms with van der Waals surface area (Å²) in [6.45, 7) is 10.1. The van der Waals surface area contributed by atoms with Gasteiger partial charge in [0.2, 0.25) is 0 Å². The van der Waals surface area contributed by atoms with E-state index in [9.17, 15) is 4.79 Å². The molecular formula is C13H24O3. The van der Waals surface area contributed by atoms with Crippen molar-refractivity contribution in [2.75, 3.05) is 19.8 Å². The maximum Gasteiger partial charge on any atom is 0.311 e. The summed E-state index contributed by atoms with van der Waals surface area (Å²) in [6.07, 6.45) is 2.67. The van der Waals surface area contributed by atoms with Gasteiger partial charge in [0.25, 0.3) is 0 Å². The first-order valence-electron chi connectivity index (χ1n) is 6.27. The van der Waals surface area contributed by atoms with Crippen LogP contribution in [-0.4, -0.2) is 25.8 Å². The maximum atomic E-state index is 12.0. The molecule has 1 aliphatic heterocycles. The molecule has 0 unspecified atom stereocenters. The second kappa shape index (κ2) is 5.17. The van der Waals surface area contributed by atoms with Crippen LogP contribution in [0, 0.1) is 10.8 Å². The van der Waals surface area contributed by atoms with Crippen molar-refractivity contribution in [1.29, 1.82) is 0 Å². The Kier molecular flexibility index (Phi) is 4.36. The Bertz CT molecular complexity index is 234. The highest BCUT2D eigenvalue weighted by molar-refractivity contribution is 5.76. The Morgan fingerprint density at radius 3 is 2.19 bits per heavy atom. The predicted octanol–water partition coefficient (Wildman–Crippen LogP) is 2.78. The standard InChI is InChI=1S/C13H24O3/c1-5-12(4,6-2)11(14)16-10-13(7-3)8-15-9-13/h5-10H2,1-4H3. The zero-order valence-corrected chi connectivity index (χ0v) is 11.0. The fourth-order valence-corrected chi connectivity index (χ4v) is 1.71. The minimum Gasteiger partial charge on any atom is -0.464 e. The molecule has 1 rings (SSSR count). The van der Waals surface area contributed by atoms with Crippen molar-refractivity contribution in [3.05, 3.63) is 0 Å². The van der Waals surface area contributed by atoms with Gasteiger partial charge in [-0.15, -0.1) is 0 Å². The van der Waals surface area contributed by atoms with Crippen LogP contribution in [0.1, 0.15) is 47.0 Å². The van der Waals surface area contributed by atoms with Crippen molar-refractivity contribution >= 4 is 5.97 Å². The molecule has 0 amide bonds. The summed E-state index contributed by atoms with van der Waals surface area (Å²) in [7, 11) is 0. The van der Waals surface area contributed by atoms with E-state index in [-0.39, 0.29) is 16.8 Å². The molecule has 94 valence electrons. The van der Waals surface area contributed by atoms with Crippen LogP contribution in [0.15, 0.2) is 0 Å². The normalized spacial score (nSPS) is 19.0. The molecular weight excluding hydrogens is 204 g/mol. The van der Waals surface area contributed by atoms with Crippen molar-refractivity contribution in [2.24, 2.45) is 10.8 Å². The Hall–Kier alpha value is -0.570. The first-order chi connectivity index (χ1) is 7.52. The van der Waals surface area contributed by atoms with Crippen molar-refractivity contribution in [2.45, 2.75) is 47.0 Å². The van der Waals surface area contributed by atoms with Gasteiger partial charge < -0.3 is 9.47 Å². The number of esters is 1. The summed E-state index contributed by atoms with van der Waals surface area (Å²) in [6, 6.07) is 0. The largest absolute Gasteiger partial charge is 0.464 e. The van der Waals surface area contributed by atoms with Gasteiger partial charge in [0, 0.05) is 0 Å². The van der Waals surface area contributed by atoms with E-state index < -0.39 is 0 Å². The van der Waals surface area contributed by atoms with E-state index in [0.29, 0.717) is 6.61 Å². The van der Waals surface area contributed by atoms with Crippen LogP contribution in [0.2, 0.25) is 0 Å². The second-order valence-corrected chi connectivity index (χ2v) is 5.19. The maximum absolute atomic E-state index is 12.0. The second-order valence-electron chi connectivity index (χ2n) is 5.19. The highest BCUT2D eigenvalue weighted by atomic mass is 16.5. The lowest BCUT2D eigenvalue weighted by Crippen LogP contribution is -2.47. The summed E-state index contributed by atoms with van der Waals surface area (Å²) in [4.78, 5) is 12.0. The van der Waals surface area contributed by atoms with Crippen molar-refractivity contribution in [1.82, 2.24) is 0 Å². The molecule has 0 N–H and O–H groups in total. The van der Waals surface area contributed by atoms with Crippen LogP contribution >= 0.6 is 0 Å². The first-order valence-corrected chi connectivity index (χ1v) is 6.27. The predicted molar refractivity (Wildman–Crippen MR) is 63.2 cm³/mol. The molecule has 0 aliphatic carbocycles. The van der Waals surface area contributed by atoms with Crippen LogP contribution in [0.4, 0.5) is 0 Å². The van der Waals surface area contributed by atoms with E-state index in [4.69, 9.17) is 9.47 Å². The number of hydrogen-bond donors (Lipinski definition) is 0. The lowest BCUT2D eigenvalue weighted by molar-refractivity contribution is -0.179. The average molecular weight is 228 g/mol. The number of ether oxygens (including phenoxy) is 2. The molecule has 0 spiro atoms. The SMILES string of the molecule is CCC1(COC(=O)C(C)(CC)CC)COC1. The Labute approximate surface area is 98.5 Å². The molecule has 16 heavy (non-hydrogen) atoms.